The van der Waals surface area contributed by atoms with Crippen LogP contribution < -0.4 is 5.32 Å². The molecule has 0 fully saturated rings. The van der Waals surface area contributed by atoms with Crippen molar-refractivity contribution in [3.8, 4) is 0 Å². The summed E-state index contributed by atoms with van der Waals surface area (Å²) in [5, 5.41) is 3.31. The Morgan fingerprint density at radius 1 is 1.40 bits per heavy atom. The molecular formula is C12H23NO2. The van der Waals surface area contributed by atoms with E-state index in [0.717, 1.165) is 19.3 Å². The molecule has 0 aromatic rings. The Labute approximate surface area is 92.9 Å². The van der Waals surface area contributed by atoms with Gasteiger partial charge < -0.3 is 10.1 Å². The molecule has 0 heterocycles. The molecule has 0 spiro atoms. The molecule has 0 radical (unpaired) electrons. The highest BCUT2D eigenvalue weighted by molar-refractivity contribution is 5.88. The Morgan fingerprint density at radius 3 is 2.53 bits per heavy atom. The minimum Gasteiger partial charge on any atom is -0.463 e. The molecule has 3 nitrogen and oxygen atoms in total. The summed E-state index contributed by atoms with van der Waals surface area (Å²) < 4.78 is 4.85. The third-order valence-corrected chi connectivity index (χ3v) is 2.30. The maximum atomic E-state index is 11.2. The molecule has 0 aliphatic carbocycles. The van der Waals surface area contributed by atoms with Gasteiger partial charge in [0.25, 0.3) is 0 Å². The second-order valence-corrected chi connectivity index (χ2v) is 3.60. The van der Waals surface area contributed by atoms with Gasteiger partial charge >= 0.3 is 5.97 Å². The van der Waals surface area contributed by atoms with Crippen molar-refractivity contribution in [1.82, 2.24) is 5.32 Å². The third kappa shape index (κ3) is 6.28. The molecule has 0 bridgehead atoms. The average molecular weight is 213 g/mol. The summed E-state index contributed by atoms with van der Waals surface area (Å²) in [6.07, 6.45) is 3.36. The number of ether oxygens (including phenoxy) is 1. The van der Waals surface area contributed by atoms with Crippen LogP contribution in [0.1, 0.15) is 40.0 Å². The predicted octanol–water partition coefficient (Wildman–Crippen LogP) is 2.27. The highest BCUT2D eigenvalue weighted by Crippen LogP contribution is 2.02. The van der Waals surface area contributed by atoms with Crippen LogP contribution in [0.15, 0.2) is 12.2 Å². The molecule has 1 unspecified atom stereocenters. The first-order valence-electron chi connectivity index (χ1n) is 5.73. The van der Waals surface area contributed by atoms with Crippen molar-refractivity contribution in [3.63, 3.8) is 0 Å². The largest absolute Gasteiger partial charge is 0.463 e. The van der Waals surface area contributed by atoms with Crippen LogP contribution in [0.25, 0.3) is 0 Å². The van der Waals surface area contributed by atoms with E-state index >= 15 is 0 Å². The zero-order chi connectivity index (χ0) is 11.7. The highest BCUT2D eigenvalue weighted by atomic mass is 16.5. The average Bonchev–Trinajstić information content (AvgIpc) is 2.24. The number of hydrogen-bond acceptors (Lipinski definition) is 3. The topological polar surface area (TPSA) is 38.3 Å². The van der Waals surface area contributed by atoms with Crippen LogP contribution in [0, 0.1) is 0 Å². The fraction of sp³-hybridized carbons (Fsp3) is 0.750. The quantitative estimate of drug-likeness (QED) is 0.496. The van der Waals surface area contributed by atoms with E-state index in [9.17, 15) is 4.79 Å². The van der Waals surface area contributed by atoms with E-state index in [1.54, 1.807) is 6.92 Å². The molecule has 15 heavy (non-hydrogen) atoms. The lowest BCUT2D eigenvalue weighted by Gasteiger charge is -2.16. The number of hydrogen-bond donors (Lipinski definition) is 1. The zero-order valence-electron chi connectivity index (χ0n) is 10.1. The molecule has 0 saturated carbocycles. The summed E-state index contributed by atoms with van der Waals surface area (Å²) in [5.74, 6) is -0.295. The van der Waals surface area contributed by atoms with Gasteiger partial charge in [-0.05, 0) is 19.8 Å². The fourth-order valence-electron chi connectivity index (χ4n) is 1.37. The van der Waals surface area contributed by atoms with Gasteiger partial charge in [0.05, 0.1) is 6.61 Å². The van der Waals surface area contributed by atoms with Crippen LogP contribution in [0.5, 0.6) is 0 Å². The first-order chi connectivity index (χ1) is 7.15. The van der Waals surface area contributed by atoms with E-state index in [1.165, 1.54) is 0 Å². The summed E-state index contributed by atoms with van der Waals surface area (Å²) in [7, 11) is 0. The summed E-state index contributed by atoms with van der Waals surface area (Å²) in [6, 6.07) is 0.473. The maximum Gasteiger partial charge on any atom is 0.334 e. The van der Waals surface area contributed by atoms with Gasteiger partial charge in [0.2, 0.25) is 0 Å². The van der Waals surface area contributed by atoms with Crippen molar-refractivity contribution in [2.45, 2.75) is 46.1 Å². The number of carbonyl (C=O) groups excluding carboxylic acids is 1. The molecule has 3 heteroatoms. The van der Waals surface area contributed by atoms with Crippen molar-refractivity contribution in [2.75, 3.05) is 13.2 Å². The summed E-state index contributed by atoms with van der Waals surface area (Å²) in [4.78, 5) is 11.2. The van der Waals surface area contributed by atoms with Crippen LogP contribution >= 0.6 is 0 Å². The van der Waals surface area contributed by atoms with Crippen molar-refractivity contribution >= 4 is 5.97 Å². The number of rotatable bonds is 8. The van der Waals surface area contributed by atoms with Crippen molar-refractivity contribution < 1.29 is 9.53 Å². The number of nitrogens with one attached hydrogen (secondary N) is 1. The lowest BCUT2D eigenvalue weighted by atomic mass is 10.1. The van der Waals surface area contributed by atoms with E-state index in [0.29, 0.717) is 24.8 Å². The normalized spacial score (nSPS) is 12.2. The smallest absolute Gasteiger partial charge is 0.334 e. The third-order valence-electron chi connectivity index (χ3n) is 2.30. The van der Waals surface area contributed by atoms with Gasteiger partial charge in [0.1, 0.15) is 0 Å². The Morgan fingerprint density at radius 2 is 2.07 bits per heavy atom. The second-order valence-electron chi connectivity index (χ2n) is 3.60. The van der Waals surface area contributed by atoms with E-state index < -0.39 is 0 Å². The lowest BCUT2D eigenvalue weighted by Crippen LogP contribution is -2.31. The van der Waals surface area contributed by atoms with Crippen LogP contribution in [-0.2, 0) is 9.53 Å². The van der Waals surface area contributed by atoms with E-state index in [-0.39, 0.29) is 5.97 Å². The minimum absolute atomic E-state index is 0.295. The molecule has 0 aromatic carbocycles. The Bertz CT molecular complexity index is 202. The summed E-state index contributed by atoms with van der Waals surface area (Å²) >= 11 is 0. The van der Waals surface area contributed by atoms with Crippen LogP contribution in [0.4, 0.5) is 0 Å². The molecule has 0 saturated heterocycles. The fourth-order valence-corrected chi connectivity index (χ4v) is 1.37. The SMILES string of the molecule is C=C(CNC(CC)CCC)C(=O)OCC. The molecule has 0 aliphatic heterocycles. The molecule has 88 valence electrons. The molecule has 0 amide bonds. The van der Waals surface area contributed by atoms with Gasteiger partial charge in [-0.25, -0.2) is 4.79 Å². The molecule has 0 aliphatic rings. The summed E-state index contributed by atoms with van der Waals surface area (Å²) in [6.45, 7) is 10.7. The predicted molar refractivity (Wildman–Crippen MR) is 62.8 cm³/mol. The lowest BCUT2D eigenvalue weighted by molar-refractivity contribution is -0.138. The van der Waals surface area contributed by atoms with Crippen molar-refractivity contribution in [2.24, 2.45) is 0 Å². The van der Waals surface area contributed by atoms with Crippen LogP contribution in [0.3, 0.4) is 0 Å². The van der Waals surface area contributed by atoms with Gasteiger partial charge in [-0.2, -0.15) is 0 Å². The summed E-state index contributed by atoms with van der Waals surface area (Å²) in [5.41, 5.74) is 0.506. The molecule has 1 atom stereocenters. The maximum absolute atomic E-state index is 11.2. The van der Waals surface area contributed by atoms with Gasteiger partial charge in [0, 0.05) is 18.2 Å². The molecule has 0 aromatic heterocycles. The first-order valence-corrected chi connectivity index (χ1v) is 5.73. The van der Waals surface area contributed by atoms with Crippen molar-refractivity contribution in [3.05, 3.63) is 12.2 Å². The monoisotopic (exact) mass is 213 g/mol. The van der Waals surface area contributed by atoms with E-state index in [1.807, 2.05) is 0 Å². The second kappa shape index (κ2) is 8.48. The van der Waals surface area contributed by atoms with Crippen LogP contribution in [0.2, 0.25) is 0 Å². The first kappa shape index (κ1) is 14.2. The molecular weight excluding hydrogens is 190 g/mol. The Balaban J connectivity index is 3.81. The Hall–Kier alpha value is -0.830. The molecule has 1 N–H and O–H groups in total. The van der Waals surface area contributed by atoms with Crippen molar-refractivity contribution in [1.29, 1.82) is 0 Å². The highest BCUT2D eigenvalue weighted by Gasteiger charge is 2.10. The van der Waals surface area contributed by atoms with Gasteiger partial charge in [0.15, 0.2) is 0 Å². The van der Waals surface area contributed by atoms with Gasteiger partial charge in [-0.1, -0.05) is 26.8 Å². The van der Waals surface area contributed by atoms with Crippen LogP contribution in [-0.4, -0.2) is 25.2 Å². The zero-order valence-corrected chi connectivity index (χ0v) is 10.1. The van der Waals surface area contributed by atoms with E-state index in [4.69, 9.17) is 4.74 Å². The van der Waals surface area contributed by atoms with Gasteiger partial charge in [-0.3, -0.25) is 0 Å². The number of carbonyl (C=O) groups is 1. The number of esters is 1. The minimum atomic E-state index is -0.295. The Kier molecular flexibility index (Phi) is 8.01. The standard InChI is InChI=1S/C12H23NO2/c1-5-8-11(6-2)13-9-10(4)12(14)15-7-3/h11,13H,4-9H2,1-3H3. The molecule has 0 rings (SSSR count). The van der Waals surface area contributed by atoms with E-state index in [2.05, 4.69) is 25.7 Å². The van der Waals surface area contributed by atoms with Gasteiger partial charge in [-0.15, -0.1) is 0 Å².